The molecule has 104 valence electrons. The van der Waals surface area contributed by atoms with Gasteiger partial charge in [-0.05, 0) is 36.8 Å². The van der Waals surface area contributed by atoms with E-state index in [1.54, 1.807) is 0 Å². The zero-order chi connectivity index (χ0) is 13.7. The van der Waals surface area contributed by atoms with E-state index in [4.69, 9.17) is 0 Å². The van der Waals surface area contributed by atoms with Crippen molar-refractivity contribution in [2.24, 2.45) is 5.92 Å². The average molecular weight is 325 g/mol. The van der Waals surface area contributed by atoms with Crippen molar-refractivity contribution in [1.29, 1.82) is 0 Å². The third kappa shape index (κ3) is 4.23. The second kappa shape index (κ2) is 6.94. The Morgan fingerprint density at radius 3 is 3.00 bits per heavy atom. The second-order valence-electron chi connectivity index (χ2n) is 5.27. The molecule has 19 heavy (non-hydrogen) atoms. The van der Waals surface area contributed by atoms with Crippen molar-refractivity contribution >= 4 is 22.0 Å². The average Bonchev–Trinajstić information content (AvgIpc) is 2.41. The molecule has 1 aromatic carbocycles. The summed E-state index contributed by atoms with van der Waals surface area (Å²) in [6.07, 6.45) is 3.22. The van der Waals surface area contributed by atoms with E-state index in [2.05, 4.69) is 34.2 Å². The number of halogens is 1. The van der Waals surface area contributed by atoms with Crippen molar-refractivity contribution in [2.75, 3.05) is 19.6 Å². The predicted molar refractivity (Wildman–Crippen MR) is 81.2 cm³/mol. The van der Waals surface area contributed by atoms with Crippen LogP contribution >= 0.6 is 15.9 Å². The maximum Gasteiger partial charge on any atom is 0.317 e. The first-order valence-corrected chi connectivity index (χ1v) is 7.72. The molecule has 1 N–H and O–H groups in total. The van der Waals surface area contributed by atoms with Crippen molar-refractivity contribution in [3.8, 4) is 0 Å². The van der Waals surface area contributed by atoms with Crippen LogP contribution in [0.4, 0.5) is 4.79 Å². The summed E-state index contributed by atoms with van der Waals surface area (Å²) in [7, 11) is 0. The van der Waals surface area contributed by atoms with Gasteiger partial charge in [0.05, 0.1) is 0 Å². The van der Waals surface area contributed by atoms with Crippen molar-refractivity contribution in [3.05, 3.63) is 34.3 Å². The molecule has 1 aromatic rings. The Labute approximate surface area is 123 Å². The first-order valence-electron chi connectivity index (χ1n) is 6.93. The summed E-state index contributed by atoms with van der Waals surface area (Å²) in [5, 5.41) is 3.01. The summed E-state index contributed by atoms with van der Waals surface area (Å²) in [6.45, 7) is 4.68. The van der Waals surface area contributed by atoms with Crippen molar-refractivity contribution in [2.45, 2.75) is 26.2 Å². The molecule has 2 rings (SSSR count). The number of carbonyl (C=O) groups is 1. The molecule has 1 fully saturated rings. The van der Waals surface area contributed by atoms with Gasteiger partial charge in [-0.2, -0.15) is 0 Å². The molecule has 3 nitrogen and oxygen atoms in total. The van der Waals surface area contributed by atoms with E-state index in [-0.39, 0.29) is 6.03 Å². The third-order valence-electron chi connectivity index (χ3n) is 3.57. The van der Waals surface area contributed by atoms with E-state index in [1.807, 2.05) is 23.1 Å². The number of amides is 2. The summed E-state index contributed by atoms with van der Waals surface area (Å²) < 4.78 is 1.11. The van der Waals surface area contributed by atoms with Gasteiger partial charge in [0.1, 0.15) is 0 Å². The summed E-state index contributed by atoms with van der Waals surface area (Å²) in [5.41, 5.74) is 1.23. The van der Waals surface area contributed by atoms with E-state index in [0.717, 1.165) is 30.4 Å². The standard InChI is InChI=1S/C15H21BrN2O/c1-12-5-4-10-18(11-12)15(19)17-9-8-13-6-2-3-7-14(13)16/h2-3,6-7,12H,4-5,8-11H2,1H3,(H,17,19). The zero-order valence-electron chi connectivity index (χ0n) is 11.4. The number of carbonyl (C=O) groups excluding carboxylic acids is 1. The molecule has 1 atom stereocenters. The molecular weight excluding hydrogens is 304 g/mol. The highest BCUT2D eigenvalue weighted by atomic mass is 79.9. The molecule has 0 bridgehead atoms. The Balaban J connectivity index is 1.76. The van der Waals surface area contributed by atoms with E-state index in [1.165, 1.54) is 12.0 Å². The van der Waals surface area contributed by atoms with Crippen molar-refractivity contribution < 1.29 is 4.79 Å². The van der Waals surface area contributed by atoms with Gasteiger partial charge in [-0.1, -0.05) is 41.1 Å². The molecule has 0 spiro atoms. The molecule has 1 aliphatic heterocycles. The number of likely N-dealkylation sites (tertiary alicyclic amines) is 1. The van der Waals surface area contributed by atoms with Crippen LogP contribution in [0.1, 0.15) is 25.3 Å². The summed E-state index contributed by atoms with van der Waals surface area (Å²) in [5.74, 6) is 0.628. The van der Waals surface area contributed by atoms with Gasteiger partial charge < -0.3 is 10.2 Å². The monoisotopic (exact) mass is 324 g/mol. The topological polar surface area (TPSA) is 32.3 Å². The van der Waals surface area contributed by atoms with Crippen LogP contribution in [0, 0.1) is 5.92 Å². The first-order chi connectivity index (χ1) is 9.16. The molecule has 0 aromatic heterocycles. The largest absolute Gasteiger partial charge is 0.338 e. The van der Waals surface area contributed by atoms with Gasteiger partial charge in [0.15, 0.2) is 0 Å². The van der Waals surface area contributed by atoms with Crippen LogP contribution in [0.2, 0.25) is 0 Å². The van der Waals surface area contributed by atoms with Crippen LogP contribution in [-0.2, 0) is 6.42 Å². The molecule has 0 saturated carbocycles. The fourth-order valence-corrected chi connectivity index (χ4v) is 2.97. The van der Waals surface area contributed by atoms with Crippen molar-refractivity contribution in [3.63, 3.8) is 0 Å². The number of nitrogens with one attached hydrogen (secondary N) is 1. The maximum atomic E-state index is 12.0. The lowest BCUT2D eigenvalue weighted by molar-refractivity contribution is 0.170. The van der Waals surface area contributed by atoms with Gasteiger partial charge in [0.25, 0.3) is 0 Å². The van der Waals surface area contributed by atoms with Gasteiger partial charge >= 0.3 is 6.03 Å². The van der Waals surface area contributed by atoms with E-state index < -0.39 is 0 Å². The van der Waals surface area contributed by atoms with Crippen LogP contribution in [0.5, 0.6) is 0 Å². The Bertz CT molecular complexity index is 436. The van der Waals surface area contributed by atoms with Crippen LogP contribution < -0.4 is 5.32 Å². The molecule has 4 heteroatoms. The Hall–Kier alpha value is -1.03. The Morgan fingerprint density at radius 1 is 1.47 bits per heavy atom. The Morgan fingerprint density at radius 2 is 2.26 bits per heavy atom. The molecule has 1 unspecified atom stereocenters. The third-order valence-corrected chi connectivity index (χ3v) is 4.35. The lowest BCUT2D eigenvalue weighted by atomic mass is 10.0. The summed E-state index contributed by atoms with van der Waals surface area (Å²) >= 11 is 3.52. The fourth-order valence-electron chi connectivity index (χ4n) is 2.49. The van der Waals surface area contributed by atoms with Gasteiger partial charge in [0, 0.05) is 24.1 Å². The van der Waals surface area contributed by atoms with Crippen LogP contribution in [0.25, 0.3) is 0 Å². The van der Waals surface area contributed by atoms with E-state index in [9.17, 15) is 4.79 Å². The van der Waals surface area contributed by atoms with E-state index in [0.29, 0.717) is 12.5 Å². The van der Waals surface area contributed by atoms with Crippen LogP contribution in [0.15, 0.2) is 28.7 Å². The SMILES string of the molecule is CC1CCCN(C(=O)NCCc2ccccc2Br)C1. The highest BCUT2D eigenvalue weighted by molar-refractivity contribution is 9.10. The molecule has 1 saturated heterocycles. The summed E-state index contributed by atoms with van der Waals surface area (Å²) in [4.78, 5) is 14.0. The minimum atomic E-state index is 0.0820. The molecular formula is C15H21BrN2O. The number of hydrogen-bond acceptors (Lipinski definition) is 1. The number of urea groups is 1. The molecule has 2 amide bonds. The van der Waals surface area contributed by atoms with E-state index >= 15 is 0 Å². The van der Waals surface area contributed by atoms with Gasteiger partial charge in [-0.15, -0.1) is 0 Å². The normalized spacial score (nSPS) is 19.3. The molecule has 0 aliphatic carbocycles. The number of benzene rings is 1. The highest BCUT2D eigenvalue weighted by Crippen LogP contribution is 2.17. The second-order valence-corrected chi connectivity index (χ2v) is 6.12. The maximum absolute atomic E-state index is 12.0. The zero-order valence-corrected chi connectivity index (χ0v) is 12.9. The highest BCUT2D eigenvalue weighted by Gasteiger charge is 2.20. The van der Waals surface area contributed by atoms with Crippen LogP contribution in [-0.4, -0.2) is 30.6 Å². The predicted octanol–water partition coefficient (Wildman–Crippen LogP) is 3.43. The molecule has 1 aliphatic rings. The lowest BCUT2D eigenvalue weighted by Gasteiger charge is -2.30. The molecule has 1 heterocycles. The Kier molecular flexibility index (Phi) is 5.25. The van der Waals surface area contributed by atoms with Gasteiger partial charge in [-0.25, -0.2) is 4.79 Å². The first kappa shape index (κ1) is 14.4. The number of rotatable bonds is 3. The number of hydrogen-bond donors (Lipinski definition) is 1. The number of piperidine rings is 1. The number of nitrogens with zero attached hydrogens (tertiary/aromatic N) is 1. The van der Waals surface area contributed by atoms with Gasteiger partial charge in [-0.3, -0.25) is 0 Å². The quantitative estimate of drug-likeness (QED) is 0.907. The molecule has 0 radical (unpaired) electrons. The van der Waals surface area contributed by atoms with Crippen molar-refractivity contribution in [1.82, 2.24) is 10.2 Å². The summed E-state index contributed by atoms with van der Waals surface area (Å²) in [6, 6.07) is 8.22. The van der Waals surface area contributed by atoms with Gasteiger partial charge in [0.2, 0.25) is 0 Å². The fraction of sp³-hybridized carbons (Fsp3) is 0.533. The minimum absolute atomic E-state index is 0.0820. The van der Waals surface area contributed by atoms with Crippen LogP contribution in [0.3, 0.4) is 0 Å². The smallest absolute Gasteiger partial charge is 0.317 e. The minimum Gasteiger partial charge on any atom is -0.338 e. The lowest BCUT2D eigenvalue weighted by Crippen LogP contribution is -2.45.